The van der Waals surface area contributed by atoms with Gasteiger partial charge in [0.1, 0.15) is 11.4 Å². The minimum atomic E-state index is -4.77. The van der Waals surface area contributed by atoms with Gasteiger partial charge in [-0.25, -0.2) is 8.42 Å². The van der Waals surface area contributed by atoms with Crippen molar-refractivity contribution in [2.24, 2.45) is 0 Å². The number of sulfone groups is 1. The first kappa shape index (κ1) is 26.2. The maximum atomic E-state index is 14.5. The summed E-state index contributed by atoms with van der Waals surface area (Å²) in [7, 11) is -3.58. The standard InChI is InChI=1S/C25H24ClF3N2O4S/c1-16-21(18-6-8-19(26)9-7-18)22(24(32)30-10-12-35-13-11-30)31(23(16)25(27,28)29)15-17-4-3-5-20(14-17)36(2,33)34/h3-9,14H,10-13,15H2,1-2H3. The Morgan fingerprint density at radius 3 is 2.31 bits per heavy atom. The van der Waals surface area contributed by atoms with Crippen LogP contribution < -0.4 is 0 Å². The second kappa shape index (κ2) is 9.91. The van der Waals surface area contributed by atoms with E-state index < -0.39 is 27.6 Å². The Kier molecular flexibility index (Phi) is 7.23. The zero-order valence-corrected chi connectivity index (χ0v) is 21.2. The number of alkyl halides is 3. The molecule has 192 valence electrons. The van der Waals surface area contributed by atoms with Crippen molar-refractivity contribution >= 4 is 27.3 Å². The van der Waals surface area contributed by atoms with Crippen LogP contribution in [0.2, 0.25) is 5.02 Å². The van der Waals surface area contributed by atoms with Gasteiger partial charge in [-0.05, 0) is 47.9 Å². The zero-order chi connectivity index (χ0) is 26.3. The number of nitrogens with zero attached hydrogens (tertiary/aromatic N) is 2. The summed E-state index contributed by atoms with van der Waals surface area (Å²) in [5.41, 5.74) is -0.280. The van der Waals surface area contributed by atoms with Gasteiger partial charge in [-0.3, -0.25) is 4.79 Å². The SMILES string of the molecule is Cc1c(-c2ccc(Cl)cc2)c(C(=O)N2CCOCC2)n(Cc2cccc(S(C)(=O)=O)c2)c1C(F)(F)F. The topological polar surface area (TPSA) is 68.6 Å². The Hall–Kier alpha value is -2.82. The maximum Gasteiger partial charge on any atom is 0.431 e. The van der Waals surface area contributed by atoms with E-state index in [0.29, 0.717) is 16.1 Å². The van der Waals surface area contributed by atoms with Crippen LogP contribution in [-0.4, -0.2) is 56.4 Å². The molecule has 2 heterocycles. The highest BCUT2D eigenvalue weighted by Gasteiger charge is 2.42. The molecule has 0 bridgehead atoms. The van der Waals surface area contributed by atoms with Crippen molar-refractivity contribution in [2.45, 2.75) is 24.5 Å². The summed E-state index contributed by atoms with van der Waals surface area (Å²) >= 11 is 6.01. The van der Waals surface area contributed by atoms with Crippen molar-refractivity contribution in [3.8, 4) is 11.1 Å². The maximum absolute atomic E-state index is 14.5. The molecule has 0 spiro atoms. The van der Waals surface area contributed by atoms with E-state index in [1.807, 2.05) is 0 Å². The second-order valence-electron chi connectivity index (χ2n) is 8.61. The number of carbonyl (C=O) groups is 1. The van der Waals surface area contributed by atoms with E-state index in [2.05, 4.69) is 0 Å². The summed E-state index contributed by atoms with van der Waals surface area (Å²) in [6, 6.07) is 12.0. The monoisotopic (exact) mass is 540 g/mol. The molecule has 6 nitrogen and oxygen atoms in total. The molecule has 0 radical (unpaired) electrons. The molecule has 1 aliphatic heterocycles. The molecule has 2 aromatic carbocycles. The number of benzene rings is 2. The van der Waals surface area contributed by atoms with Gasteiger partial charge in [0.25, 0.3) is 5.91 Å². The Bertz CT molecular complexity index is 1390. The lowest BCUT2D eigenvalue weighted by Crippen LogP contribution is -2.41. The Balaban J connectivity index is 1.98. The highest BCUT2D eigenvalue weighted by atomic mass is 35.5. The van der Waals surface area contributed by atoms with Crippen molar-refractivity contribution in [3.63, 3.8) is 0 Å². The fraction of sp³-hybridized carbons (Fsp3) is 0.320. The molecular formula is C25H24ClF3N2O4S. The van der Waals surface area contributed by atoms with Gasteiger partial charge in [0, 0.05) is 36.5 Å². The Morgan fingerprint density at radius 2 is 1.72 bits per heavy atom. The third-order valence-corrected chi connectivity index (χ3v) is 7.44. The summed E-state index contributed by atoms with van der Waals surface area (Å²) in [4.78, 5) is 15.2. The van der Waals surface area contributed by atoms with E-state index in [9.17, 15) is 26.4 Å². The Morgan fingerprint density at radius 1 is 1.08 bits per heavy atom. The molecule has 1 fully saturated rings. The smallest absolute Gasteiger partial charge is 0.378 e. The zero-order valence-electron chi connectivity index (χ0n) is 19.6. The third-order valence-electron chi connectivity index (χ3n) is 6.08. The van der Waals surface area contributed by atoms with Crippen LogP contribution in [0.25, 0.3) is 11.1 Å². The average Bonchev–Trinajstić information content (AvgIpc) is 3.11. The molecule has 0 unspecified atom stereocenters. The van der Waals surface area contributed by atoms with Crippen molar-refractivity contribution in [3.05, 3.63) is 76.1 Å². The van der Waals surface area contributed by atoms with Gasteiger partial charge in [0.15, 0.2) is 9.84 Å². The first-order valence-electron chi connectivity index (χ1n) is 11.1. The van der Waals surface area contributed by atoms with Crippen LogP contribution >= 0.6 is 11.6 Å². The quantitative estimate of drug-likeness (QED) is 0.454. The molecule has 1 aliphatic rings. The van der Waals surface area contributed by atoms with Crippen LogP contribution in [0.3, 0.4) is 0 Å². The third kappa shape index (κ3) is 5.30. The van der Waals surface area contributed by atoms with Crippen molar-refractivity contribution in [1.29, 1.82) is 0 Å². The average molecular weight is 541 g/mol. The molecule has 0 saturated carbocycles. The fourth-order valence-electron chi connectivity index (χ4n) is 4.43. The number of morpholine rings is 1. The van der Waals surface area contributed by atoms with E-state index in [-0.39, 0.29) is 54.6 Å². The normalized spacial score (nSPS) is 14.8. The van der Waals surface area contributed by atoms with E-state index >= 15 is 0 Å². The van der Waals surface area contributed by atoms with Gasteiger partial charge in [-0.2, -0.15) is 13.2 Å². The summed E-state index contributed by atoms with van der Waals surface area (Å²) in [6.07, 6.45) is -3.75. The number of amides is 1. The number of aromatic nitrogens is 1. The molecular weight excluding hydrogens is 517 g/mol. The summed E-state index contributed by atoms with van der Waals surface area (Å²) in [5.74, 6) is -0.555. The van der Waals surface area contributed by atoms with Gasteiger partial charge < -0.3 is 14.2 Å². The van der Waals surface area contributed by atoms with Crippen LogP contribution in [0.4, 0.5) is 13.2 Å². The number of hydrogen-bond donors (Lipinski definition) is 0. The number of ether oxygens (including phenoxy) is 1. The molecule has 4 rings (SSSR count). The number of halogens is 4. The number of rotatable bonds is 5. The van der Waals surface area contributed by atoms with Gasteiger partial charge in [-0.15, -0.1) is 0 Å². The molecule has 3 aromatic rings. The molecule has 11 heteroatoms. The molecule has 0 atom stereocenters. The summed E-state index contributed by atoms with van der Waals surface area (Å²) < 4.78 is 73.8. The van der Waals surface area contributed by atoms with Gasteiger partial charge in [0.2, 0.25) is 0 Å². The molecule has 1 aromatic heterocycles. The second-order valence-corrected chi connectivity index (χ2v) is 11.1. The number of carbonyl (C=O) groups excluding carboxylic acids is 1. The minimum Gasteiger partial charge on any atom is -0.378 e. The van der Waals surface area contributed by atoms with Crippen LogP contribution in [0.1, 0.15) is 27.3 Å². The van der Waals surface area contributed by atoms with Gasteiger partial charge in [-0.1, -0.05) is 35.9 Å². The predicted molar refractivity (Wildman–Crippen MR) is 130 cm³/mol. The lowest BCUT2D eigenvalue weighted by atomic mass is 10.00. The lowest BCUT2D eigenvalue weighted by Gasteiger charge is -2.28. The summed E-state index contributed by atoms with van der Waals surface area (Å²) in [5, 5.41) is 0.408. The van der Waals surface area contributed by atoms with Gasteiger partial charge in [0.05, 0.1) is 18.1 Å². The van der Waals surface area contributed by atoms with Crippen molar-refractivity contribution in [1.82, 2.24) is 9.47 Å². The summed E-state index contributed by atoms with van der Waals surface area (Å²) in [6.45, 7) is 2.04. The molecule has 36 heavy (non-hydrogen) atoms. The van der Waals surface area contributed by atoms with Gasteiger partial charge >= 0.3 is 6.18 Å². The molecule has 0 aliphatic carbocycles. The molecule has 0 N–H and O–H groups in total. The Labute approximate surface area is 212 Å². The first-order chi connectivity index (χ1) is 16.9. The van der Waals surface area contributed by atoms with Crippen molar-refractivity contribution in [2.75, 3.05) is 32.6 Å². The van der Waals surface area contributed by atoms with Crippen LogP contribution in [0, 0.1) is 6.92 Å². The van der Waals surface area contributed by atoms with E-state index in [0.717, 1.165) is 10.8 Å². The highest BCUT2D eigenvalue weighted by molar-refractivity contribution is 7.90. The van der Waals surface area contributed by atoms with Crippen molar-refractivity contribution < 1.29 is 31.1 Å². The van der Waals surface area contributed by atoms with Crippen LogP contribution in [-0.2, 0) is 27.3 Å². The van der Waals surface area contributed by atoms with E-state index in [1.54, 1.807) is 24.3 Å². The minimum absolute atomic E-state index is 0.0172. The largest absolute Gasteiger partial charge is 0.431 e. The first-order valence-corrected chi connectivity index (χ1v) is 13.4. The predicted octanol–water partition coefficient (Wildman–Crippen LogP) is 5.06. The van der Waals surface area contributed by atoms with Crippen LogP contribution in [0.15, 0.2) is 53.4 Å². The fourth-order valence-corrected chi connectivity index (χ4v) is 5.25. The molecule has 1 amide bonds. The van der Waals surface area contributed by atoms with E-state index in [4.69, 9.17) is 16.3 Å². The molecule has 1 saturated heterocycles. The van der Waals surface area contributed by atoms with E-state index in [1.165, 1.54) is 36.1 Å². The lowest BCUT2D eigenvalue weighted by molar-refractivity contribution is -0.143. The number of hydrogen-bond acceptors (Lipinski definition) is 4. The van der Waals surface area contributed by atoms with Crippen LogP contribution in [0.5, 0.6) is 0 Å². The highest BCUT2D eigenvalue weighted by Crippen LogP contribution is 2.42.